The van der Waals surface area contributed by atoms with Crippen LogP contribution in [0.1, 0.15) is 38.6 Å². The zero-order valence-electron chi connectivity index (χ0n) is 12.7. The van der Waals surface area contributed by atoms with Gasteiger partial charge in [0.15, 0.2) is 0 Å². The molecule has 1 aromatic rings. The molecule has 0 unspecified atom stereocenters. The highest BCUT2D eigenvalue weighted by atomic mass is 19.1. The van der Waals surface area contributed by atoms with Crippen LogP contribution < -0.4 is 5.32 Å². The number of hydrogen-bond donors (Lipinski definition) is 2. The molecule has 0 saturated carbocycles. The summed E-state index contributed by atoms with van der Waals surface area (Å²) >= 11 is 0. The summed E-state index contributed by atoms with van der Waals surface area (Å²) in [4.78, 5) is 4.37. The van der Waals surface area contributed by atoms with Crippen molar-refractivity contribution in [2.75, 3.05) is 0 Å². The van der Waals surface area contributed by atoms with Crippen molar-refractivity contribution in [3.05, 3.63) is 54.0 Å². The molecule has 0 saturated heterocycles. The summed E-state index contributed by atoms with van der Waals surface area (Å²) in [5.74, 6) is -0.350. The maximum atomic E-state index is 13.9. The van der Waals surface area contributed by atoms with Crippen molar-refractivity contribution in [2.24, 2.45) is 5.92 Å². The summed E-state index contributed by atoms with van der Waals surface area (Å²) in [6.45, 7) is 5.67. The first-order valence-corrected chi connectivity index (χ1v) is 7.23. The Morgan fingerprint density at radius 1 is 1.43 bits per heavy atom. The molecule has 1 atom stereocenters. The number of hydrogen-bond acceptors (Lipinski definition) is 3. The lowest BCUT2D eigenvalue weighted by Gasteiger charge is -2.29. The molecule has 3 nitrogen and oxygen atoms in total. The van der Waals surface area contributed by atoms with Gasteiger partial charge in [0.05, 0.1) is 11.4 Å². The third-order valence-corrected chi connectivity index (χ3v) is 3.82. The van der Waals surface area contributed by atoms with Gasteiger partial charge in [0.1, 0.15) is 11.5 Å². The molecule has 0 bridgehead atoms. The molecule has 0 aliphatic heterocycles. The smallest absolute Gasteiger partial charge is 0.146 e. The van der Waals surface area contributed by atoms with E-state index in [2.05, 4.69) is 10.3 Å². The van der Waals surface area contributed by atoms with Crippen molar-refractivity contribution >= 4 is 5.57 Å². The van der Waals surface area contributed by atoms with Crippen LogP contribution in [0.4, 0.5) is 4.39 Å². The summed E-state index contributed by atoms with van der Waals surface area (Å²) in [6.07, 6.45) is 8.98. The van der Waals surface area contributed by atoms with Crippen LogP contribution in [0.15, 0.2) is 30.4 Å². The molecule has 1 heterocycles. The lowest BCUT2D eigenvalue weighted by molar-refractivity contribution is -0.0219. The highest BCUT2D eigenvalue weighted by Crippen LogP contribution is 2.21. The highest BCUT2D eigenvalue weighted by Gasteiger charge is 2.24. The average Bonchev–Trinajstić information content (AvgIpc) is 2.47. The van der Waals surface area contributed by atoms with Gasteiger partial charge in [0, 0.05) is 6.54 Å². The van der Waals surface area contributed by atoms with E-state index >= 15 is 0 Å². The summed E-state index contributed by atoms with van der Waals surface area (Å²) in [7, 11) is 0. The minimum atomic E-state index is -1.05. The number of aliphatic hydroxyl groups is 1. The van der Waals surface area contributed by atoms with Gasteiger partial charge in [-0.05, 0) is 43.4 Å². The van der Waals surface area contributed by atoms with E-state index < -0.39 is 5.72 Å². The molecule has 113 valence electrons. The standard InChI is InChI=1S/C17H22FN2O/c1-12(2)17(3,21)19-11-16-14(18)9-10-15(20-16)13-7-5-4-6-8-13/h5-10,12,19,21H,4,11H2,1-3H3/t17-/m1/s1. The predicted molar refractivity (Wildman–Crippen MR) is 82.5 cm³/mol. The second-order valence-electron chi connectivity index (χ2n) is 5.78. The molecular weight excluding hydrogens is 267 g/mol. The normalized spacial score (nSPS) is 17.7. The average molecular weight is 289 g/mol. The van der Waals surface area contributed by atoms with Crippen molar-refractivity contribution < 1.29 is 9.50 Å². The van der Waals surface area contributed by atoms with Crippen LogP contribution in [0.2, 0.25) is 0 Å². The van der Waals surface area contributed by atoms with E-state index in [9.17, 15) is 9.50 Å². The van der Waals surface area contributed by atoms with Crippen LogP contribution in [0.3, 0.4) is 0 Å². The first kappa shape index (κ1) is 15.9. The zero-order valence-corrected chi connectivity index (χ0v) is 12.7. The first-order chi connectivity index (χ1) is 9.90. The molecule has 0 spiro atoms. The van der Waals surface area contributed by atoms with E-state index in [4.69, 9.17) is 0 Å². The number of allylic oxidation sites excluding steroid dienone is 4. The molecule has 0 fully saturated rings. The van der Waals surface area contributed by atoms with Gasteiger partial charge in [-0.1, -0.05) is 32.1 Å². The molecule has 4 heteroatoms. The molecule has 2 N–H and O–H groups in total. The fourth-order valence-corrected chi connectivity index (χ4v) is 1.93. The van der Waals surface area contributed by atoms with E-state index in [-0.39, 0.29) is 18.3 Å². The maximum absolute atomic E-state index is 13.9. The number of halogens is 1. The fraction of sp³-hybridized carbons (Fsp3) is 0.412. The van der Waals surface area contributed by atoms with Crippen LogP contribution in [0.25, 0.3) is 5.57 Å². The van der Waals surface area contributed by atoms with E-state index in [1.807, 2.05) is 38.5 Å². The van der Waals surface area contributed by atoms with Gasteiger partial charge in [-0.3, -0.25) is 5.32 Å². The summed E-state index contributed by atoms with van der Waals surface area (Å²) in [6, 6.07) is 3.10. The van der Waals surface area contributed by atoms with Gasteiger partial charge in [-0.2, -0.15) is 0 Å². The largest absolute Gasteiger partial charge is 0.376 e. The van der Waals surface area contributed by atoms with Crippen molar-refractivity contribution in [1.82, 2.24) is 10.3 Å². The Balaban J connectivity index is 2.16. The van der Waals surface area contributed by atoms with Crippen LogP contribution in [-0.4, -0.2) is 15.8 Å². The molecule has 1 aliphatic carbocycles. The molecule has 2 rings (SSSR count). The molecule has 21 heavy (non-hydrogen) atoms. The molecular formula is C17H22FN2O. The number of nitrogens with one attached hydrogen (secondary N) is 1. The number of pyridine rings is 1. The van der Waals surface area contributed by atoms with Crippen molar-refractivity contribution in [3.8, 4) is 0 Å². The zero-order chi connectivity index (χ0) is 15.5. The van der Waals surface area contributed by atoms with Gasteiger partial charge in [-0.15, -0.1) is 0 Å². The third kappa shape index (κ3) is 3.99. The van der Waals surface area contributed by atoms with E-state index in [0.29, 0.717) is 5.69 Å². The van der Waals surface area contributed by atoms with Crippen LogP contribution in [0.5, 0.6) is 0 Å². The quantitative estimate of drug-likeness (QED) is 0.818. The molecule has 1 radical (unpaired) electrons. The third-order valence-electron chi connectivity index (χ3n) is 3.82. The number of aromatic nitrogens is 1. The number of rotatable bonds is 5. The Hall–Kier alpha value is -1.52. The molecule has 1 aromatic heterocycles. The summed E-state index contributed by atoms with van der Waals surface area (Å²) < 4.78 is 13.9. The van der Waals surface area contributed by atoms with E-state index in [1.165, 1.54) is 6.07 Å². The van der Waals surface area contributed by atoms with E-state index in [0.717, 1.165) is 17.7 Å². The fourth-order valence-electron chi connectivity index (χ4n) is 1.93. The van der Waals surface area contributed by atoms with Crippen LogP contribution in [0, 0.1) is 18.2 Å². The van der Waals surface area contributed by atoms with E-state index in [1.54, 1.807) is 13.0 Å². The summed E-state index contributed by atoms with van der Waals surface area (Å²) in [5, 5.41) is 13.1. The first-order valence-electron chi connectivity index (χ1n) is 7.23. The second kappa shape index (κ2) is 6.50. The van der Waals surface area contributed by atoms with Crippen LogP contribution >= 0.6 is 0 Å². The predicted octanol–water partition coefficient (Wildman–Crippen LogP) is 3.22. The summed E-state index contributed by atoms with van der Waals surface area (Å²) in [5.41, 5.74) is 0.970. The van der Waals surface area contributed by atoms with Gasteiger partial charge >= 0.3 is 0 Å². The van der Waals surface area contributed by atoms with Gasteiger partial charge in [-0.25, -0.2) is 9.37 Å². The van der Waals surface area contributed by atoms with Crippen LogP contribution in [-0.2, 0) is 6.54 Å². The van der Waals surface area contributed by atoms with Crippen molar-refractivity contribution in [1.29, 1.82) is 0 Å². The lowest BCUT2D eigenvalue weighted by atomic mass is 10.0. The number of nitrogens with zero attached hydrogens (tertiary/aromatic N) is 1. The Labute approximate surface area is 125 Å². The minimum absolute atomic E-state index is 0.0160. The molecule has 0 aromatic carbocycles. The topological polar surface area (TPSA) is 45.1 Å². The highest BCUT2D eigenvalue weighted by molar-refractivity contribution is 5.73. The maximum Gasteiger partial charge on any atom is 0.146 e. The molecule has 0 amide bonds. The van der Waals surface area contributed by atoms with Gasteiger partial charge in [0.2, 0.25) is 0 Å². The second-order valence-corrected chi connectivity index (χ2v) is 5.78. The Kier molecular flexibility index (Phi) is 4.91. The SMILES string of the molecule is CC(C)[C@@](C)(O)NCc1nc(C2=C[CH]CC=C2)ccc1F. The minimum Gasteiger partial charge on any atom is -0.376 e. The van der Waals surface area contributed by atoms with Gasteiger partial charge < -0.3 is 5.11 Å². The molecule has 1 aliphatic rings. The lowest BCUT2D eigenvalue weighted by Crippen LogP contribution is -2.46. The Morgan fingerprint density at radius 3 is 2.81 bits per heavy atom. The Morgan fingerprint density at radius 2 is 2.19 bits per heavy atom. The van der Waals surface area contributed by atoms with Gasteiger partial charge in [0.25, 0.3) is 0 Å². The Bertz CT molecular complexity index is 562. The monoisotopic (exact) mass is 289 g/mol. The van der Waals surface area contributed by atoms with Crippen molar-refractivity contribution in [3.63, 3.8) is 0 Å². The van der Waals surface area contributed by atoms with Crippen molar-refractivity contribution in [2.45, 2.75) is 39.5 Å².